The maximum atomic E-state index is 10.3. The predicted molar refractivity (Wildman–Crippen MR) is 52.5 cm³/mol. The highest BCUT2D eigenvalue weighted by molar-refractivity contribution is 6.31. The first-order chi connectivity index (χ1) is 7.02. The minimum absolute atomic E-state index is 0.189. The number of nitrogens with zero attached hydrogens (tertiary/aromatic N) is 1. The van der Waals surface area contributed by atoms with E-state index in [0.29, 0.717) is 0 Å². The highest BCUT2D eigenvalue weighted by Crippen LogP contribution is 2.25. The zero-order valence-electron chi connectivity index (χ0n) is 7.67. The highest BCUT2D eigenvalue weighted by Gasteiger charge is 2.22. The fourth-order valence-electron chi connectivity index (χ4n) is 1.12. The number of aliphatic carboxylic acids is 1. The molecule has 3 N–H and O–H groups in total. The molecule has 0 aliphatic heterocycles. The van der Waals surface area contributed by atoms with E-state index in [4.69, 9.17) is 16.7 Å². The van der Waals surface area contributed by atoms with Crippen LogP contribution in [0.25, 0.3) is 0 Å². The third-order valence-electron chi connectivity index (χ3n) is 1.87. The van der Waals surface area contributed by atoms with E-state index in [1.165, 1.54) is 18.5 Å². The van der Waals surface area contributed by atoms with Gasteiger partial charge in [0.1, 0.15) is 6.10 Å². The Balaban J connectivity index is 2.80. The van der Waals surface area contributed by atoms with Crippen molar-refractivity contribution in [3.63, 3.8) is 0 Å². The van der Waals surface area contributed by atoms with Crippen LogP contribution in [0.15, 0.2) is 18.5 Å². The molecule has 1 rings (SSSR count). The average Bonchev–Trinajstić information content (AvgIpc) is 2.16. The van der Waals surface area contributed by atoms with Crippen LogP contribution in [0.5, 0.6) is 0 Å². The van der Waals surface area contributed by atoms with Crippen molar-refractivity contribution in [1.82, 2.24) is 4.98 Å². The first-order valence-electron chi connectivity index (χ1n) is 4.19. The molecule has 0 amide bonds. The first-order valence-corrected chi connectivity index (χ1v) is 4.57. The van der Waals surface area contributed by atoms with Crippen LogP contribution < -0.4 is 0 Å². The maximum absolute atomic E-state index is 10.3. The summed E-state index contributed by atoms with van der Waals surface area (Å²) in [5.74, 6) is -1.19. The average molecular weight is 232 g/mol. The quantitative estimate of drug-likeness (QED) is 0.706. The molecule has 0 fully saturated rings. The number of aliphatic hydroxyl groups is 2. The Morgan fingerprint density at radius 1 is 1.53 bits per heavy atom. The molecular formula is C9H10ClNO4. The van der Waals surface area contributed by atoms with Crippen molar-refractivity contribution < 1.29 is 20.1 Å². The monoisotopic (exact) mass is 231 g/mol. The van der Waals surface area contributed by atoms with Gasteiger partial charge in [-0.2, -0.15) is 0 Å². The molecule has 2 unspecified atom stereocenters. The van der Waals surface area contributed by atoms with Gasteiger partial charge in [-0.05, 0) is 6.07 Å². The number of carbonyl (C=O) groups is 1. The Morgan fingerprint density at radius 3 is 2.73 bits per heavy atom. The summed E-state index contributed by atoms with van der Waals surface area (Å²) in [6.07, 6.45) is -0.537. The van der Waals surface area contributed by atoms with E-state index in [9.17, 15) is 15.0 Å². The second-order valence-corrected chi connectivity index (χ2v) is 3.41. The van der Waals surface area contributed by atoms with E-state index in [1.807, 2.05) is 0 Å². The van der Waals surface area contributed by atoms with Crippen molar-refractivity contribution in [3.05, 3.63) is 29.0 Å². The lowest BCUT2D eigenvalue weighted by Gasteiger charge is -2.17. The minimum Gasteiger partial charge on any atom is -0.481 e. The van der Waals surface area contributed by atoms with Crippen LogP contribution in [0.1, 0.15) is 18.1 Å². The van der Waals surface area contributed by atoms with Crippen LogP contribution in [0.3, 0.4) is 0 Å². The Kier molecular flexibility index (Phi) is 4.02. The van der Waals surface area contributed by atoms with Gasteiger partial charge in [0, 0.05) is 18.0 Å². The molecule has 6 heteroatoms. The third kappa shape index (κ3) is 3.16. The fraction of sp³-hybridized carbons (Fsp3) is 0.333. The van der Waals surface area contributed by atoms with Crippen LogP contribution in [-0.4, -0.2) is 32.4 Å². The molecule has 5 nitrogen and oxygen atoms in total. The lowest BCUT2D eigenvalue weighted by Crippen LogP contribution is -2.22. The number of aromatic nitrogens is 1. The number of carboxylic acid groups (broad SMARTS) is 1. The SMILES string of the molecule is O=C(O)CC(O)C(O)c1ccncc1Cl. The molecular weight excluding hydrogens is 222 g/mol. The summed E-state index contributed by atoms with van der Waals surface area (Å²) in [6, 6.07) is 1.43. The van der Waals surface area contributed by atoms with Gasteiger partial charge in [0.15, 0.2) is 0 Å². The summed E-state index contributed by atoms with van der Waals surface area (Å²) >= 11 is 5.72. The standard InChI is InChI=1S/C9H10ClNO4/c10-6-4-11-2-1-5(6)9(15)7(12)3-8(13)14/h1-2,4,7,9,12,15H,3H2,(H,13,14). The van der Waals surface area contributed by atoms with Gasteiger partial charge < -0.3 is 15.3 Å². The van der Waals surface area contributed by atoms with Gasteiger partial charge >= 0.3 is 5.97 Å². The second-order valence-electron chi connectivity index (χ2n) is 3.01. The van der Waals surface area contributed by atoms with E-state index < -0.39 is 24.6 Å². The van der Waals surface area contributed by atoms with Crippen molar-refractivity contribution in [1.29, 1.82) is 0 Å². The summed E-state index contributed by atoms with van der Waals surface area (Å²) in [5.41, 5.74) is 0.264. The maximum Gasteiger partial charge on any atom is 0.306 e. The summed E-state index contributed by atoms with van der Waals surface area (Å²) < 4.78 is 0. The van der Waals surface area contributed by atoms with Gasteiger partial charge in [-0.3, -0.25) is 9.78 Å². The summed E-state index contributed by atoms with van der Waals surface area (Å²) in [6.45, 7) is 0. The molecule has 0 aliphatic carbocycles. The molecule has 15 heavy (non-hydrogen) atoms. The van der Waals surface area contributed by atoms with E-state index in [2.05, 4.69) is 4.98 Å². The minimum atomic E-state index is -1.39. The van der Waals surface area contributed by atoms with Crippen molar-refractivity contribution in [2.45, 2.75) is 18.6 Å². The number of hydrogen-bond donors (Lipinski definition) is 3. The number of carboxylic acids is 1. The number of hydrogen-bond acceptors (Lipinski definition) is 4. The smallest absolute Gasteiger partial charge is 0.306 e. The molecule has 2 atom stereocenters. The first kappa shape index (κ1) is 11.9. The molecule has 0 radical (unpaired) electrons. The van der Waals surface area contributed by atoms with Crippen LogP contribution in [-0.2, 0) is 4.79 Å². The summed E-state index contributed by atoms with van der Waals surface area (Å²) in [7, 11) is 0. The zero-order valence-corrected chi connectivity index (χ0v) is 8.42. The molecule has 1 heterocycles. The van der Waals surface area contributed by atoms with Crippen molar-refractivity contribution in [2.24, 2.45) is 0 Å². The topological polar surface area (TPSA) is 90.7 Å². The number of halogens is 1. The van der Waals surface area contributed by atoms with Crippen molar-refractivity contribution in [2.75, 3.05) is 0 Å². The van der Waals surface area contributed by atoms with Gasteiger partial charge in [-0.15, -0.1) is 0 Å². The molecule has 0 saturated heterocycles. The Morgan fingerprint density at radius 2 is 2.20 bits per heavy atom. The van der Waals surface area contributed by atoms with Crippen molar-refractivity contribution >= 4 is 17.6 Å². The van der Waals surface area contributed by atoms with Gasteiger partial charge in [-0.1, -0.05) is 11.6 Å². The van der Waals surface area contributed by atoms with E-state index in [0.717, 1.165) is 0 Å². The Bertz CT molecular complexity index is 358. The lowest BCUT2D eigenvalue weighted by atomic mass is 10.0. The van der Waals surface area contributed by atoms with Crippen LogP contribution in [0, 0.1) is 0 Å². The van der Waals surface area contributed by atoms with E-state index in [-0.39, 0.29) is 10.6 Å². The predicted octanol–water partition coefficient (Wildman–Crippen LogP) is 0.604. The third-order valence-corrected chi connectivity index (χ3v) is 2.19. The second kappa shape index (κ2) is 5.06. The number of pyridine rings is 1. The Hall–Kier alpha value is -1.17. The number of rotatable bonds is 4. The van der Waals surface area contributed by atoms with Gasteiger partial charge in [0.25, 0.3) is 0 Å². The molecule has 0 spiro atoms. The highest BCUT2D eigenvalue weighted by atomic mass is 35.5. The molecule has 1 aromatic rings. The zero-order chi connectivity index (χ0) is 11.4. The van der Waals surface area contributed by atoms with E-state index in [1.54, 1.807) is 0 Å². The molecule has 0 bridgehead atoms. The lowest BCUT2D eigenvalue weighted by molar-refractivity contribution is -0.141. The Labute approximate surface area is 91.0 Å². The fourth-order valence-corrected chi connectivity index (χ4v) is 1.35. The van der Waals surface area contributed by atoms with Crippen molar-refractivity contribution in [3.8, 4) is 0 Å². The van der Waals surface area contributed by atoms with Gasteiger partial charge in [-0.25, -0.2) is 0 Å². The molecule has 1 aromatic heterocycles. The molecule has 0 aromatic carbocycles. The molecule has 0 aliphatic rings. The van der Waals surface area contributed by atoms with Crippen LogP contribution >= 0.6 is 11.6 Å². The summed E-state index contributed by atoms with van der Waals surface area (Å²) in [5, 5.41) is 27.6. The normalized spacial score (nSPS) is 14.6. The van der Waals surface area contributed by atoms with Gasteiger partial charge in [0.05, 0.1) is 17.5 Å². The van der Waals surface area contributed by atoms with Gasteiger partial charge in [0.2, 0.25) is 0 Å². The largest absolute Gasteiger partial charge is 0.481 e. The van der Waals surface area contributed by atoms with Crippen LogP contribution in [0.4, 0.5) is 0 Å². The van der Waals surface area contributed by atoms with E-state index >= 15 is 0 Å². The summed E-state index contributed by atoms with van der Waals surface area (Å²) in [4.78, 5) is 14.0. The molecule has 0 saturated carbocycles. The van der Waals surface area contributed by atoms with Crippen LogP contribution in [0.2, 0.25) is 5.02 Å². The number of aliphatic hydroxyl groups excluding tert-OH is 2. The molecule has 82 valence electrons.